The Morgan fingerprint density at radius 2 is 1.59 bits per heavy atom. The Morgan fingerprint density at radius 3 is 2.18 bits per heavy atom. The van der Waals surface area contributed by atoms with Gasteiger partial charge in [0.25, 0.3) is 5.56 Å². The lowest BCUT2D eigenvalue weighted by Crippen LogP contribution is -2.44. The minimum atomic E-state index is -5.08. The molecule has 0 radical (unpaired) electrons. The molecule has 1 fully saturated rings. The second-order valence-corrected chi connectivity index (χ2v) is 12.8. The number of carbonyl (C=O) groups is 2. The molecule has 0 spiro atoms. The van der Waals surface area contributed by atoms with Crippen molar-refractivity contribution < 1.29 is 41.0 Å². The van der Waals surface area contributed by atoms with Crippen molar-refractivity contribution in [1.29, 1.82) is 0 Å². The number of unbranched alkanes of at least 4 members (excludes halogenated alkanes) is 2. The average molecular weight is 714 g/mol. The standard InChI is InChI=1S/C31H36F3N5O2S.C2HF3O2/c32-31(33,34)22-12-14-23(15-13-22)36-18-6-2-5-17-35-20-28(40)38-19-16-27-26(21-38)29(41)39(24-8-3-1-4-9-24)30(37-27)42-25-10-7-11-25;3-2(4,5)1(6)7/h1,3-4,8-9,12-15,25,35-36H,2,5-7,10-11,16-21H2;(H,6,7). The van der Waals surface area contributed by atoms with Gasteiger partial charge in [0.2, 0.25) is 5.91 Å². The summed E-state index contributed by atoms with van der Waals surface area (Å²) in [6.45, 7) is 2.35. The van der Waals surface area contributed by atoms with E-state index < -0.39 is 23.9 Å². The minimum Gasteiger partial charge on any atom is -0.475 e. The molecule has 1 aromatic heterocycles. The van der Waals surface area contributed by atoms with Crippen molar-refractivity contribution in [3.05, 3.63) is 81.8 Å². The monoisotopic (exact) mass is 713 g/mol. The topological polar surface area (TPSA) is 117 Å². The van der Waals surface area contributed by atoms with E-state index in [1.165, 1.54) is 18.6 Å². The van der Waals surface area contributed by atoms with E-state index in [1.807, 2.05) is 30.3 Å². The van der Waals surface area contributed by atoms with Crippen molar-refractivity contribution in [2.24, 2.45) is 0 Å². The Morgan fingerprint density at radius 1 is 0.939 bits per heavy atom. The summed E-state index contributed by atoms with van der Waals surface area (Å²) < 4.78 is 71.5. The molecule has 16 heteroatoms. The highest BCUT2D eigenvalue weighted by molar-refractivity contribution is 7.99. The van der Waals surface area contributed by atoms with Crippen LogP contribution in [-0.4, -0.2) is 69.0 Å². The number of thioether (sulfide) groups is 1. The van der Waals surface area contributed by atoms with Gasteiger partial charge in [-0.25, -0.2) is 9.78 Å². The third-order valence-electron chi connectivity index (χ3n) is 7.98. The zero-order valence-corrected chi connectivity index (χ0v) is 27.3. The highest BCUT2D eigenvalue weighted by Crippen LogP contribution is 2.36. The van der Waals surface area contributed by atoms with Gasteiger partial charge in [0.15, 0.2) is 5.16 Å². The van der Waals surface area contributed by atoms with E-state index in [0.29, 0.717) is 42.6 Å². The first kappa shape index (κ1) is 37.8. The van der Waals surface area contributed by atoms with Gasteiger partial charge in [-0.2, -0.15) is 26.3 Å². The number of benzene rings is 2. The van der Waals surface area contributed by atoms with E-state index in [-0.39, 0.29) is 24.6 Å². The summed E-state index contributed by atoms with van der Waals surface area (Å²) in [7, 11) is 0. The van der Waals surface area contributed by atoms with Crippen molar-refractivity contribution in [2.45, 2.75) is 74.2 Å². The van der Waals surface area contributed by atoms with Gasteiger partial charge < -0.3 is 20.6 Å². The molecule has 3 aromatic rings. The molecule has 2 aromatic carbocycles. The Bertz CT molecular complexity index is 1610. The van der Waals surface area contributed by atoms with Gasteiger partial charge >= 0.3 is 18.3 Å². The van der Waals surface area contributed by atoms with Crippen LogP contribution in [-0.2, 0) is 28.7 Å². The normalized spacial score (nSPS) is 14.7. The Hall–Kier alpha value is -4.05. The maximum atomic E-state index is 13.7. The van der Waals surface area contributed by atoms with Crippen LogP contribution in [0.2, 0.25) is 0 Å². The Kier molecular flexibility index (Phi) is 13.1. The van der Waals surface area contributed by atoms with Crippen LogP contribution in [0.15, 0.2) is 64.5 Å². The van der Waals surface area contributed by atoms with Crippen molar-refractivity contribution in [1.82, 2.24) is 19.8 Å². The number of halogens is 6. The zero-order chi connectivity index (χ0) is 35.6. The SMILES string of the molecule is O=C(CNCCCCCNc1ccc(C(F)(F)F)cc1)N1CCc2nc(SC3CCC3)n(-c3ccccc3)c(=O)c2C1.O=C(O)C(F)(F)F. The molecule has 49 heavy (non-hydrogen) atoms. The third-order valence-corrected chi connectivity index (χ3v) is 9.27. The molecule has 1 aliphatic carbocycles. The highest BCUT2D eigenvalue weighted by atomic mass is 32.2. The number of aromatic nitrogens is 2. The first-order chi connectivity index (χ1) is 23.2. The third kappa shape index (κ3) is 11.0. The fourth-order valence-electron chi connectivity index (χ4n) is 5.06. The van der Waals surface area contributed by atoms with Crippen LogP contribution in [0.1, 0.15) is 55.3 Å². The van der Waals surface area contributed by atoms with Crippen molar-refractivity contribution in [3.8, 4) is 5.69 Å². The second-order valence-electron chi connectivity index (χ2n) is 11.6. The lowest BCUT2D eigenvalue weighted by molar-refractivity contribution is -0.192. The van der Waals surface area contributed by atoms with E-state index >= 15 is 0 Å². The first-order valence-electron chi connectivity index (χ1n) is 15.8. The van der Waals surface area contributed by atoms with Gasteiger partial charge in [-0.05, 0) is 68.6 Å². The molecule has 0 bridgehead atoms. The second kappa shape index (κ2) is 17.1. The minimum absolute atomic E-state index is 0.0387. The predicted octanol–water partition coefficient (Wildman–Crippen LogP) is 6.29. The van der Waals surface area contributed by atoms with Crippen molar-refractivity contribution in [3.63, 3.8) is 0 Å². The summed E-state index contributed by atoms with van der Waals surface area (Å²) in [4.78, 5) is 42.3. The van der Waals surface area contributed by atoms with Crippen LogP contribution in [0.5, 0.6) is 0 Å². The fourth-order valence-corrected chi connectivity index (χ4v) is 6.38. The molecule has 1 saturated carbocycles. The number of hydrogen-bond acceptors (Lipinski definition) is 7. The van der Waals surface area contributed by atoms with Crippen molar-refractivity contribution in [2.75, 3.05) is 31.5 Å². The molecule has 266 valence electrons. The van der Waals surface area contributed by atoms with E-state index in [4.69, 9.17) is 14.9 Å². The fraction of sp³-hybridized carbons (Fsp3) is 0.455. The van der Waals surface area contributed by atoms with Crippen LogP contribution in [0.25, 0.3) is 5.69 Å². The van der Waals surface area contributed by atoms with Crippen LogP contribution >= 0.6 is 11.8 Å². The Balaban J connectivity index is 0.000000698. The molecule has 2 aliphatic rings. The maximum Gasteiger partial charge on any atom is 0.490 e. The number of amides is 1. The van der Waals surface area contributed by atoms with Crippen LogP contribution in [0.3, 0.4) is 0 Å². The average Bonchev–Trinajstić information content (AvgIpc) is 3.04. The number of nitrogens with zero attached hydrogens (tertiary/aromatic N) is 3. The van der Waals surface area contributed by atoms with Crippen molar-refractivity contribution >= 4 is 29.3 Å². The zero-order valence-electron chi connectivity index (χ0n) is 26.4. The number of hydrogen-bond donors (Lipinski definition) is 3. The smallest absolute Gasteiger partial charge is 0.475 e. The lowest BCUT2D eigenvalue weighted by Gasteiger charge is -2.30. The number of carbonyl (C=O) groups excluding carboxylic acids is 1. The van der Waals surface area contributed by atoms with Gasteiger partial charge in [-0.3, -0.25) is 14.2 Å². The predicted molar refractivity (Wildman–Crippen MR) is 173 cm³/mol. The summed E-state index contributed by atoms with van der Waals surface area (Å²) in [6, 6.07) is 14.6. The van der Waals surface area contributed by atoms with Gasteiger partial charge in [0.05, 0.1) is 35.6 Å². The van der Waals surface area contributed by atoms with E-state index in [1.54, 1.807) is 21.2 Å². The molecule has 1 aliphatic heterocycles. The summed E-state index contributed by atoms with van der Waals surface area (Å²) in [6.07, 6.45) is -2.70. The van der Waals surface area contributed by atoms with Crippen LogP contribution in [0, 0.1) is 0 Å². The Labute approximate surface area is 283 Å². The summed E-state index contributed by atoms with van der Waals surface area (Å²) >= 11 is 1.69. The highest BCUT2D eigenvalue weighted by Gasteiger charge is 2.38. The number of aliphatic carboxylic acids is 1. The number of carboxylic acids is 1. The molecular formula is C33H37F6N5O4S. The van der Waals surface area contributed by atoms with Crippen LogP contribution in [0.4, 0.5) is 32.0 Å². The molecule has 9 nitrogen and oxygen atoms in total. The van der Waals surface area contributed by atoms with Gasteiger partial charge in [0.1, 0.15) is 0 Å². The summed E-state index contributed by atoms with van der Waals surface area (Å²) in [5.74, 6) is -2.80. The first-order valence-corrected chi connectivity index (χ1v) is 16.7. The molecule has 2 heterocycles. The lowest BCUT2D eigenvalue weighted by atomic mass is 10.0. The number of rotatable bonds is 12. The van der Waals surface area contributed by atoms with E-state index in [9.17, 15) is 35.9 Å². The molecule has 3 N–H and O–H groups in total. The van der Waals surface area contributed by atoms with Gasteiger partial charge in [0, 0.05) is 30.4 Å². The number of nitrogens with one attached hydrogen (secondary N) is 2. The number of carboxylic acid groups (broad SMARTS) is 1. The van der Waals surface area contributed by atoms with Crippen LogP contribution < -0.4 is 16.2 Å². The number of anilines is 1. The van der Waals surface area contributed by atoms with Gasteiger partial charge in [-0.15, -0.1) is 0 Å². The molecule has 1 amide bonds. The molecular weight excluding hydrogens is 676 g/mol. The van der Waals surface area contributed by atoms with Gasteiger partial charge in [-0.1, -0.05) is 42.8 Å². The number of para-hydroxylation sites is 1. The summed E-state index contributed by atoms with van der Waals surface area (Å²) in [5.41, 5.74) is 2.10. The van der Waals surface area contributed by atoms with E-state index in [0.717, 1.165) is 60.8 Å². The molecule has 0 unspecified atom stereocenters. The maximum absolute atomic E-state index is 13.7. The number of fused-ring (bicyclic) bond motifs is 1. The summed E-state index contributed by atoms with van der Waals surface area (Å²) in [5, 5.41) is 14.7. The molecule has 0 atom stereocenters. The molecule has 0 saturated heterocycles. The largest absolute Gasteiger partial charge is 0.490 e. The van der Waals surface area contributed by atoms with E-state index in [2.05, 4.69) is 10.6 Å². The quantitative estimate of drug-likeness (QED) is 0.114. The number of alkyl halides is 6. The molecule has 5 rings (SSSR count).